The summed E-state index contributed by atoms with van der Waals surface area (Å²) in [6.07, 6.45) is 7.16. The van der Waals surface area contributed by atoms with Crippen LogP contribution in [0.2, 0.25) is 0 Å². The molecule has 0 bridgehead atoms. The number of nitrogens with one attached hydrogen (secondary N) is 1. The highest BCUT2D eigenvalue weighted by atomic mass is 32.2. The predicted octanol–water partition coefficient (Wildman–Crippen LogP) is 1.37. The number of thioether (sulfide) groups is 1. The third kappa shape index (κ3) is 3.46. The van der Waals surface area contributed by atoms with Gasteiger partial charge in [0.25, 0.3) is 0 Å². The standard InChI is InChI=1S/C9H10N4S/c1-14-9(13-7-10)12-6-8-2-4-11-5-3-8/h2-5H,6H2,1H3,(H,12,13). The molecule has 0 amide bonds. The van der Waals surface area contributed by atoms with Gasteiger partial charge in [-0.25, -0.2) is 0 Å². The number of pyridine rings is 1. The number of aromatic nitrogens is 1. The monoisotopic (exact) mass is 206 g/mol. The summed E-state index contributed by atoms with van der Waals surface area (Å²) < 4.78 is 0. The smallest absolute Gasteiger partial charge is 0.183 e. The highest BCUT2D eigenvalue weighted by molar-refractivity contribution is 8.13. The second-order valence-corrected chi connectivity index (χ2v) is 3.21. The molecule has 1 rings (SSSR count). The summed E-state index contributed by atoms with van der Waals surface area (Å²) in [5.74, 6) is 0. The summed E-state index contributed by atoms with van der Waals surface area (Å²) >= 11 is 1.41. The van der Waals surface area contributed by atoms with E-state index < -0.39 is 0 Å². The second-order valence-electron chi connectivity index (χ2n) is 2.42. The van der Waals surface area contributed by atoms with Crippen molar-refractivity contribution >= 4 is 16.9 Å². The summed E-state index contributed by atoms with van der Waals surface area (Å²) in [4.78, 5) is 8.13. The van der Waals surface area contributed by atoms with Crippen molar-refractivity contribution in [1.29, 1.82) is 5.26 Å². The first-order valence-electron chi connectivity index (χ1n) is 3.99. The van der Waals surface area contributed by atoms with Gasteiger partial charge in [-0.15, -0.1) is 0 Å². The second kappa shape index (κ2) is 6.00. The Morgan fingerprint density at radius 1 is 1.64 bits per heavy atom. The molecule has 5 heteroatoms. The lowest BCUT2D eigenvalue weighted by molar-refractivity contribution is 1.05. The van der Waals surface area contributed by atoms with Crippen molar-refractivity contribution in [1.82, 2.24) is 10.3 Å². The van der Waals surface area contributed by atoms with Crippen LogP contribution >= 0.6 is 11.8 Å². The van der Waals surface area contributed by atoms with Gasteiger partial charge in [0.05, 0.1) is 6.54 Å². The summed E-state index contributed by atoms with van der Waals surface area (Å²) in [6, 6.07) is 3.79. The van der Waals surface area contributed by atoms with Crippen LogP contribution < -0.4 is 5.32 Å². The number of rotatable bonds is 2. The number of aliphatic imine (C=N–C) groups is 1. The van der Waals surface area contributed by atoms with Gasteiger partial charge in [0.1, 0.15) is 0 Å². The molecule has 1 aromatic heterocycles. The van der Waals surface area contributed by atoms with Crippen LogP contribution in [-0.2, 0) is 6.54 Å². The molecule has 0 saturated carbocycles. The van der Waals surface area contributed by atoms with Gasteiger partial charge in [-0.3, -0.25) is 15.3 Å². The lowest BCUT2D eigenvalue weighted by Gasteiger charge is -1.99. The molecule has 1 N–H and O–H groups in total. The van der Waals surface area contributed by atoms with E-state index in [0.717, 1.165) is 5.56 Å². The molecule has 14 heavy (non-hydrogen) atoms. The van der Waals surface area contributed by atoms with Crippen LogP contribution in [0.15, 0.2) is 29.5 Å². The van der Waals surface area contributed by atoms with Crippen LogP contribution in [0.3, 0.4) is 0 Å². The van der Waals surface area contributed by atoms with Gasteiger partial charge in [-0.2, -0.15) is 5.26 Å². The number of nitriles is 1. The van der Waals surface area contributed by atoms with Gasteiger partial charge < -0.3 is 0 Å². The van der Waals surface area contributed by atoms with E-state index in [4.69, 9.17) is 5.26 Å². The minimum absolute atomic E-state index is 0.563. The molecular weight excluding hydrogens is 196 g/mol. The average molecular weight is 206 g/mol. The van der Waals surface area contributed by atoms with E-state index in [2.05, 4.69) is 15.3 Å². The molecule has 0 radical (unpaired) electrons. The van der Waals surface area contributed by atoms with Gasteiger partial charge in [0.15, 0.2) is 11.4 Å². The first-order chi connectivity index (χ1) is 6.86. The number of hydrogen-bond acceptors (Lipinski definition) is 4. The molecule has 0 spiro atoms. The van der Waals surface area contributed by atoms with Crippen molar-refractivity contribution < 1.29 is 0 Å². The molecule has 0 atom stereocenters. The maximum absolute atomic E-state index is 8.40. The van der Waals surface area contributed by atoms with Crippen LogP contribution in [-0.4, -0.2) is 16.4 Å². The largest absolute Gasteiger partial charge is 0.272 e. The van der Waals surface area contributed by atoms with Crippen LogP contribution in [0.5, 0.6) is 0 Å². The summed E-state index contributed by atoms with van der Waals surface area (Å²) in [7, 11) is 0. The molecular formula is C9H10N4S. The third-order valence-electron chi connectivity index (χ3n) is 1.51. The van der Waals surface area contributed by atoms with Crippen LogP contribution in [0, 0.1) is 11.5 Å². The lowest BCUT2D eigenvalue weighted by atomic mass is 10.3. The van der Waals surface area contributed by atoms with E-state index in [1.54, 1.807) is 12.4 Å². The third-order valence-corrected chi connectivity index (χ3v) is 2.13. The normalized spacial score (nSPS) is 10.7. The summed E-state index contributed by atoms with van der Waals surface area (Å²) in [6.45, 7) is 0.563. The quantitative estimate of drug-likeness (QED) is 0.343. The lowest BCUT2D eigenvalue weighted by Crippen LogP contribution is -2.13. The van der Waals surface area contributed by atoms with E-state index in [0.29, 0.717) is 11.7 Å². The van der Waals surface area contributed by atoms with Crippen molar-refractivity contribution in [2.75, 3.05) is 6.26 Å². The zero-order valence-corrected chi connectivity index (χ0v) is 8.58. The van der Waals surface area contributed by atoms with Crippen molar-refractivity contribution in [3.05, 3.63) is 30.1 Å². The Morgan fingerprint density at radius 2 is 2.36 bits per heavy atom. The zero-order chi connectivity index (χ0) is 10.2. The minimum atomic E-state index is 0.563. The summed E-state index contributed by atoms with van der Waals surface area (Å²) in [5.41, 5.74) is 1.08. The van der Waals surface area contributed by atoms with E-state index >= 15 is 0 Å². The Hall–Kier alpha value is -1.54. The first-order valence-corrected chi connectivity index (χ1v) is 5.21. The molecule has 4 nitrogen and oxygen atoms in total. The Bertz CT molecular complexity index is 342. The topological polar surface area (TPSA) is 61.1 Å². The molecule has 1 aromatic rings. The molecule has 0 aliphatic heterocycles. The molecule has 1 heterocycles. The highest BCUT2D eigenvalue weighted by Gasteiger charge is 1.94. The first kappa shape index (κ1) is 10.5. The van der Waals surface area contributed by atoms with Crippen LogP contribution in [0.4, 0.5) is 0 Å². The average Bonchev–Trinajstić information content (AvgIpc) is 2.25. The predicted molar refractivity (Wildman–Crippen MR) is 57.6 cm³/mol. The van der Waals surface area contributed by atoms with Crippen LogP contribution in [0.1, 0.15) is 5.56 Å². The van der Waals surface area contributed by atoms with Crippen molar-refractivity contribution in [3.63, 3.8) is 0 Å². The zero-order valence-electron chi connectivity index (χ0n) is 7.77. The van der Waals surface area contributed by atoms with Gasteiger partial charge >= 0.3 is 0 Å². The number of hydrogen-bond donors (Lipinski definition) is 1. The molecule has 72 valence electrons. The van der Waals surface area contributed by atoms with E-state index in [1.165, 1.54) is 11.8 Å². The van der Waals surface area contributed by atoms with Crippen molar-refractivity contribution in [2.45, 2.75) is 6.54 Å². The Balaban J connectivity index is 2.58. The molecule has 0 aliphatic rings. The molecule has 0 aromatic carbocycles. The SMILES string of the molecule is CSC(=NCc1ccncc1)NC#N. The fourth-order valence-electron chi connectivity index (χ4n) is 0.854. The van der Waals surface area contributed by atoms with Gasteiger partial charge in [-0.1, -0.05) is 11.8 Å². The van der Waals surface area contributed by atoms with E-state index in [-0.39, 0.29) is 0 Å². The Kier molecular flexibility index (Phi) is 4.51. The Morgan fingerprint density at radius 3 is 2.93 bits per heavy atom. The number of amidine groups is 1. The van der Waals surface area contributed by atoms with E-state index in [9.17, 15) is 0 Å². The van der Waals surface area contributed by atoms with Crippen molar-refractivity contribution in [3.8, 4) is 6.19 Å². The molecule has 0 aliphatic carbocycles. The van der Waals surface area contributed by atoms with Crippen molar-refractivity contribution in [2.24, 2.45) is 4.99 Å². The fourth-order valence-corrected chi connectivity index (χ4v) is 1.20. The van der Waals surface area contributed by atoms with Gasteiger partial charge in [0, 0.05) is 12.4 Å². The van der Waals surface area contributed by atoms with E-state index in [1.807, 2.05) is 24.6 Å². The van der Waals surface area contributed by atoms with Crippen LogP contribution in [0.25, 0.3) is 0 Å². The molecule has 0 saturated heterocycles. The molecule has 0 fully saturated rings. The maximum Gasteiger partial charge on any atom is 0.183 e. The number of nitrogens with zero attached hydrogens (tertiary/aromatic N) is 3. The minimum Gasteiger partial charge on any atom is -0.272 e. The highest BCUT2D eigenvalue weighted by Crippen LogP contribution is 2.01. The van der Waals surface area contributed by atoms with Gasteiger partial charge in [-0.05, 0) is 24.0 Å². The van der Waals surface area contributed by atoms with Gasteiger partial charge in [0.2, 0.25) is 0 Å². The molecule has 0 unspecified atom stereocenters. The maximum atomic E-state index is 8.40. The fraction of sp³-hybridized carbons (Fsp3) is 0.222. The Labute approximate surface area is 87.1 Å². The summed E-state index contributed by atoms with van der Waals surface area (Å²) in [5, 5.41) is 11.5.